The highest BCUT2D eigenvalue weighted by atomic mass is 79.9. The molecule has 0 aromatic carbocycles. The summed E-state index contributed by atoms with van der Waals surface area (Å²) in [6.45, 7) is 1.88. The van der Waals surface area contributed by atoms with Crippen LogP contribution in [-0.4, -0.2) is 18.0 Å². The van der Waals surface area contributed by atoms with Gasteiger partial charge in [-0.1, -0.05) is 0 Å². The van der Waals surface area contributed by atoms with Gasteiger partial charge in [0.1, 0.15) is 12.4 Å². The maximum atomic E-state index is 5.39. The zero-order valence-corrected chi connectivity index (χ0v) is 6.51. The standard InChI is InChI=1S/C5H4BBrN2/c1-3-2-4(7)8-9-5(3)6/h2H,1H3. The first-order valence-electron chi connectivity index (χ1n) is 2.45. The molecule has 0 atom stereocenters. The lowest BCUT2D eigenvalue weighted by atomic mass is 10.00. The number of halogens is 1. The molecule has 0 aliphatic rings. The Morgan fingerprint density at radius 1 is 1.56 bits per heavy atom. The van der Waals surface area contributed by atoms with Gasteiger partial charge >= 0.3 is 0 Å². The minimum atomic E-state index is 0.484. The second-order valence-electron chi connectivity index (χ2n) is 1.74. The van der Waals surface area contributed by atoms with E-state index in [1.807, 2.05) is 13.0 Å². The van der Waals surface area contributed by atoms with Gasteiger partial charge in [0.25, 0.3) is 0 Å². The predicted octanol–water partition coefficient (Wildman–Crippen LogP) is 0.341. The summed E-state index contributed by atoms with van der Waals surface area (Å²) in [5, 5.41) is 7.34. The first-order valence-corrected chi connectivity index (χ1v) is 3.25. The van der Waals surface area contributed by atoms with Crippen molar-refractivity contribution in [2.24, 2.45) is 0 Å². The molecular formula is C5H4BBrN2. The number of hydrogen-bond acceptors (Lipinski definition) is 2. The van der Waals surface area contributed by atoms with Crippen molar-refractivity contribution in [2.45, 2.75) is 6.92 Å². The molecule has 1 aromatic rings. The third kappa shape index (κ3) is 1.51. The Hall–Kier alpha value is -0.375. The van der Waals surface area contributed by atoms with Crippen molar-refractivity contribution >= 4 is 29.4 Å². The van der Waals surface area contributed by atoms with Crippen LogP contribution in [0.4, 0.5) is 0 Å². The average molecular weight is 183 g/mol. The minimum Gasteiger partial charge on any atom is -0.166 e. The number of aromatic nitrogens is 2. The van der Waals surface area contributed by atoms with Crippen LogP contribution in [0.25, 0.3) is 0 Å². The summed E-state index contributed by atoms with van der Waals surface area (Å²) in [7, 11) is 5.39. The van der Waals surface area contributed by atoms with Gasteiger partial charge in [0, 0.05) is 5.59 Å². The molecule has 0 amide bonds. The van der Waals surface area contributed by atoms with Crippen LogP contribution in [0.15, 0.2) is 10.7 Å². The molecule has 1 heterocycles. The number of hydrogen-bond donors (Lipinski definition) is 0. The fourth-order valence-corrected chi connectivity index (χ4v) is 0.885. The van der Waals surface area contributed by atoms with Crippen molar-refractivity contribution in [2.75, 3.05) is 0 Å². The highest BCUT2D eigenvalue weighted by Crippen LogP contribution is 2.02. The Labute approximate surface area is 63.2 Å². The van der Waals surface area contributed by atoms with E-state index in [9.17, 15) is 0 Å². The maximum Gasteiger partial charge on any atom is 0.144 e. The molecular weight excluding hydrogens is 179 g/mol. The summed E-state index contributed by atoms with van der Waals surface area (Å²) in [4.78, 5) is 0. The average Bonchev–Trinajstić information content (AvgIpc) is 1.80. The summed E-state index contributed by atoms with van der Waals surface area (Å²) in [6, 6.07) is 1.82. The molecule has 0 N–H and O–H groups in total. The molecule has 4 heteroatoms. The number of nitrogens with zero attached hydrogens (tertiary/aromatic N) is 2. The van der Waals surface area contributed by atoms with E-state index >= 15 is 0 Å². The van der Waals surface area contributed by atoms with Crippen LogP contribution >= 0.6 is 15.9 Å². The van der Waals surface area contributed by atoms with E-state index in [0.29, 0.717) is 10.2 Å². The highest BCUT2D eigenvalue weighted by Gasteiger charge is 1.93. The van der Waals surface area contributed by atoms with E-state index in [1.165, 1.54) is 0 Å². The van der Waals surface area contributed by atoms with E-state index in [1.54, 1.807) is 0 Å². The van der Waals surface area contributed by atoms with Crippen molar-refractivity contribution in [1.82, 2.24) is 10.2 Å². The van der Waals surface area contributed by atoms with Crippen LogP contribution < -0.4 is 5.59 Å². The van der Waals surface area contributed by atoms with E-state index in [0.717, 1.165) is 5.56 Å². The maximum absolute atomic E-state index is 5.39. The molecule has 1 aromatic heterocycles. The van der Waals surface area contributed by atoms with Gasteiger partial charge in [-0.25, -0.2) is 0 Å². The molecule has 0 bridgehead atoms. The molecule has 44 valence electrons. The smallest absolute Gasteiger partial charge is 0.144 e. The topological polar surface area (TPSA) is 25.8 Å². The quantitative estimate of drug-likeness (QED) is 0.541. The Bertz CT molecular complexity index is 226. The van der Waals surface area contributed by atoms with Gasteiger partial charge in [0.05, 0.1) is 0 Å². The summed E-state index contributed by atoms with van der Waals surface area (Å²) in [5.41, 5.74) is 1.43. The fraction of sp³-hybridized carbons (Fsp3) is 0.200. The van der Waals surface area contributed by atoms with Crippen molar-refractivity contribution < 1.29 is 0 Å². The van der Waals surface area contributed by atoms with Gasteiger partial charge < -0.3 is 0 Å². The SMILES string of the molecule is [B]c1nnc(Br)cc1C. The fourth-order valence-electron chi connectivity index (χ4n) is 0.462. The Morgan fingerprint density at radius 2 is 2.22 bits per heavy atom. The van der Waals surface area contributed by atoms with Crippen LogP contribution in [0, 0.1) is 6.92 Å². The van der Waals surface area contributed by atoms with Gasteiger partial charge in [-0.3, -0.25) is 0 Å². The van der Waals surface area contributed by atoms with Crippen LogP contribution in [-0.2, 0) is 0 Å². The van der Waals surface area contributed by atoms with Crippen molar-refractivity contribution in [3.63, 3.8) is 0 Å². The Kier molecular flexibility index (Phi) is 1.85. The van der Waals surface area contributed by atoms with E-state index in [-0.39, 0.29) is 0 Å². The van der Waals surface area contributed by atoms with Crippen molar-refractivity contribution in [3.05, 3.63) is 16.2 Å². The molecule has 2 radical (unpaired) electrons. The lowest BCUT2D eigenvalue weighted by Gasteiger charge is -1.95. The third-order valence-corrected chi connectivity index (χ3v) is 1.38. The second-order valence-corrected chi connectivity index (χ2v) is 2.55. The molecule has 1 rings (SSSR count). The van der Waals surface area contributed by atoms with Gasteiger partial charge in [-0.2, -0.15) is 5.10 Å². The Morgan fingerprint density at radius 3 is 2.67 bits per heavy atom. The zero-order valence-electron chi connectivity index (χ0n) is 4.93. The minimum absolute atomic E-state index is 0.484. The molecule has 0 spiro atoms. The van der Waals surface area contributed by atoms with E-state index in [2.05, 4.69) is 26.1 Å². The monoisotopic (exact) mass is 182 g/mol. The summed E-state index contributed by atoms with van der Waals surface area (Å²) in [6.07, 6.45) is 0. The molecule has 0 saturated carbocycles. The molecule has 0 aliphatic carbocycles. The van der Waals surface area contributed by atoms with Gasteiger partial charge in [-0.05, 0) is 34.5 Å². The van der Waals surface area contributed by atoms with Gasteiger partial charge in [0.15, 0.2) is 0 Å². The first kappa shape index (κ1) is 6.74. The molecule has 0 unspecified atom stereocenters. The summed E-state index contributed by atoms with van der Waals surface area (Å²) in [5.74, 6) is 0. The van der Waals surface area contributed by atoms with E-state index in [4.69, 9.17) is 7.85 Å². The number of aryl methyl sites for hydroxylation is 1. The van der Waals surface area contributed by atoms with Crippen molar-refractivity contribution in [3.8, 4) is 0 Å². The Balaban J connectivity index is 3.17. The van der Waals surface area contributed by atoms with Gasteiger partial charge in [-0.15, -0.1) is 5.10 Å². The predicted molar refractivity (Wildman–Crippen MR) is 39.9 cm³/mol. The molecule has 9 heavy (non-hydrogen) atoms. The van der Waals surface area contributed by atoms with Crippen LogP contribution in [0.1, 0.15) is 5.56 Å². The largest absolute Gasteiger partial charge is 0.166 e. The molecule has 0 aliphatic heterocycles. The molecule has 0 saturated heterocycles. The lowest BCUT2D eigenvalue weighted by molar-refractivity contribution is 1.02. The summed E-state index contributed by atoms with van der Waals surface area (Å²) < 4.78 is 0.717. The van der Waals surface area contributed by atoms with E-state index < -0.39 is 0 Å². The molecule has 2 nitrogen and oxygen atoms in total. The van der Waals surface area contributed by atoms with Crippen LogP contribution in [0.5, 0.6) is 0 Å². The van der Waals surface area contributed by atoms with Gasteiger partial charge in [0.2, 0.25) is 0 Å². The first-order chi connectivity index (χ1) is 4.20. The number of rotatable bonds is 0. The normalized spacial score (nSPS) is 9.56. The third-order valence-electron chi connectivity index (χ3n) is 0.993. The second kappa shape index (κ2) is 2.48. The summed E-state index contributed by atoms with van der Waals surface area (Å²) >= 11 is 3.17. The van der Waals surface area contributed by atoms with Crippen molar-refractivity contribution in [1.29, 1.82) is 0 Å². The lowest BCUT2D eigenvalue weighted by Crippen LogP contribution is -2.13. The molecule has 0 fully saturated rings. The van der Waals surface area contributed by atoms with Crippen LogP contribution in [0.2, 0.25) is 0 Å². The zero-order chi connectivity index (χ0) is 6.85. The highest BCUT2D eigenvalue weighted by molar-refractivity contribution is 9.10. The van der Waals surface area contributed by atoms with Crippen LogP contribution in [0.3, 0.4) is 0 Å².